The Bertz CT molecular complexity index is 688. The van der Waals surface area contributed by atoms with Crippen LogP contribution in [0.5, 0.6) is 0 Å². The van der Waals surface area contributed by atoms with Gasteiger partial charge in [0.05, 0.1) is 4.92 Å². The van der Waals surface area contributed by atoms with E-state index >= 15 is 0 Å². The third-order valence-electron chi connectivity index (χ3n) is 2.65. The molecule has 0 aliphatic heterocycles. The Morgan fingerprint density at radius 3 is 2.58 bits per heavy atom. The molecule has 0 radical (unpaired) electrons. The highest BCUT2D eigenvalue weighted by Crippen LogP contribution is 2.29. The van der Waals surface area contributed by atoms with Crippen molar-refractivity contribution >= 4 is 17.0 Å². The lowest BCUT2D eigenvalue weighted by molar-refractivity contribution is -0.383. The molecule has 0 atom stereocenters. The Hall–Kier alpha value is -2.38. The van der Waals surface area contributed by atoms with Gasteiger partial charge >= 0.3 is 6.18 Å². The first kappa shape index (κ1) is 13.1. The van der Waals surface area contributed by atoms with E-state index in [4.69, 9.17) is 0 Å². The number of aromatic nitrogens is 1. The molecular formula is C11H7F3N2O3. The summed E-state index contributed by atoms with van der Waals surface area (Å²) in [5.74, 6) is -2.02. The zero-order valence-corrected chi connectivity index (χ0v) is 9.56. The van der Waals surface area contributed by atoms with Crippen LogP contribution in [0.2, 0.25) is 0 Å². The fraction of sp³-hybridized carbons (Fsp3) is 0.182. The lowest BCUT2D eigenvalue weighted by Gasteiger charge is -2.06. The van der Waals surface area contributed by atoms with Crippen molar-refractivity contribution < 1.29 is 22.9 Å². The third-order valence-corrected chi connectivity index (χ3v) is 2.65. The molecule has 0 N–H and O–H groups in total. The molecule has 2 rings (SSSR count). The molecule has 0 aliphatic rings. The smallest absolute Gasteiger partial charge is 0.307 e. The van der Waals surface area contributed by atoms with E-state index in [1.54, 1.807) is 0 Å². The summed E-state index contributed by atoms with van der Waals surface area (Å²) in [4.78, 5) is 21.4. The molecule has 0 unspecified atom stereocenters. The number of rotatable bonds is 2. The number of hydrogen-bond donors (Lipinski definition) is 0. The van der Waals surface area contributed by atoms with E-state index in [2.05, 4.69) is 0 Å². The molecule has 0 aliphatic carbocycles. The van der Waals surface area contributed by atoms with E-state index in [9.17, 15) is 28.1 Å². The van der Waals surface area contributed by atoms with Gasteiger partial charge in [-0.05, 0) is 24.6 Å². The maximum absolute atomic E-state index is 12.5. The van der Waals surface area contributed by atoms with Crippen LogP contribution in [0.15, 0.2) is 24.4 Å². The highest BCUT2D eigenvalue weighted by Gasteiger charge is 2.42. The summed E-state index contributed by atoms with van der Waals surface area (Å²) in [7, 11) is 0. The lowest BCUT2D eigenvalue weighted by Crippen LogP contribution is -2.24. The number of alkyl halides is 3. The zero-order valence-electron chi connectivity index (χ0n) is 9.56. The predicted molar refractivity (Wildman–Crippen MR) is 59.2 cm³/mol. The van der Waals surface area contributed by atoms with E-state index in [1.807, 2.05) is 0 Å². The summed E-state index contributed by atoms with van der Waals surface area (Å²) in [5.41, 5.74) is -0.966. The van der Waals surface area contributed by atoms with E-state index in [0.717, 1.165) is 10.5 Å². The number of aryl methyl sites for hydroxylation is 1. The molecular weight excluding hydrogens is 265 g/mol. The molecule has 2 aromatic rings. The zero-order chi connectivity index (χ0) is 14.4. The van der Waals surface area contributed by atoms with Gasteiger partial charge in [-0.3, -0.25) is 14.9 Å². The second-order valence-corrected chi connectivity index (χ2v) is 3.91. The minimum absolute atomic E-state index is 0.0385. The molecule has 5 nitrogen and oxygen atoms in total. The van der Waals surface area contributed by atoms with E-state index in [1.165, 1.54) is 25.3 Å². The van der Waals surface area contributed by atoms with Gasteiger partial charge in [-0.15, -0.1) is 0 Å². The average Bonchev–Trinajstić information content (AvgIpc) is 2.61. The number of fused-ring (bicyclic) bond motifs is 1. The van der Waals surface area contributed by atoms with Gasteiger partial charge in [-0.25, -0.2) is 0 Å². The normalized spacial score (nSPS) is 11.8. The molecule has 0 saturated heterocycles. The first-order valence-corrected chi connectivity index (χ1v) is 5.10. The Morgan fingerprint density at radius 1 is 1.42 bits per heavy atom. The van der Waals surface area contributed by atoms with Crippen LogP contribution in [0.25, 0.3) is 5.52 Å². The van der Waals surface area contributed by atoms with Crippen molar-refractivity contribution in [3.8, 4) is 0 Å². The molecule has 0 spiro atoms. The van der Waals surface area contributed by atoms with Crippen molar-refractivity contribution in [1.29, 1.82) is 0 Å². The van der Waals surface area contributed by atoms with Crippen molar-refractivity contribution in [3.05, 3.63) is 45.8 Å². The topological polar surface area (TPSA) is 64.6 Å². The number of nitrogens with zero attached hydrogens (tertiary/aromatic N) is 2. The Balaban J connectivity index is 2.78. The number of carbonyl (C=O) groups excluding carboxylic acids is 1. The van der Waals surface area contributed by atoms with Crippen molar-refractivity contribution in [2.75, 3.05) is 0 Å². The largest absolute Gasteiger partial charge is 0.456 e. The maximum atomic E-state index is 12.5. The van der Waals surface area contributed by atoms with E-state index in [-0.39, 0.29) is 16.8 Å². The molecule has 0 aromatic carbocycles. The summed E-state index contributed by atoms with van der Waals surface area (Å²) in [5, 5.41) is 10.8. The van der Waals surface area contributed by atoms with Crippen LogP contribution in [0, 0.1) is 17.0 Å². The first-order chi connectivity index (χ1) is 8.73. The molecule has 100 valence electrons. The Morgan fingerprint density at radius 2 is 2.05 bits per heavy atom. The van der Waals surface area contributed by atoms with Gasteiger partial charge in [0.1, 0.15) is 11.2 Å². The minimum Gasteiger partial charge on any atom is -0.307 e. The van der Waals surface area contributed by atoms with Gasteiger partial charge in [-0.1, -0.05) is 0 Å². The van der Waals surface area contributed by atoms with E-state index < -0.39 is 22.6 Å². The Kier molecular flexibility index (Phi) is 2.80. The molecule has 2 aromatic heterocycles. The van der Waals surface area contributed by atoms with Crippen LogP contribution in [-0.2, 0) is 0 Å². The molecule has 8 heteroatoms. The first-order valence-electron chi connectivity index (χ1n) is 5.10. The summed E-state index contributed by atoms with van der Waals surface area (Å²) in [6.07, 6.45) is -3.84. The fourth-order valence-corrected chi connectivity index (χ4v) is 1.89. The van der Waals surface area contributed by atoms with Gasteiger partial charge in [0.15, 0.2) is 0 Å². The van der Waals surface area contributed by atoms with Crippen molar-refractivity contribution in [2.24, 2.45) is 0 Å². The van der Waals surface area contributed by atoms with Crippen LogP contribution in [0.4, 0.5) is 18.9 Å². The summed E-state index contributed by atoms with van der Waals surface area (Å²) in [6, 6.07) is 3.57. The Labute approximate surface area is 104 Å². The van der Waals surface area contributed by atoms with Gasteiger partial charge in [0, 0.05) is 12.3 Å². The summed E-state index contributed by atoms with van der Waals surface area (Å²) in [6.45, 7) is 1.30. The number of ketones is 1. The highest BCUT2D eigenvalue weighted by molar-refractivity contribution is 6.01. The van der Waals surface area contributed by atoms with Gasteiger partial charge < -0.3 is 4.40 Å². The highest BCUT2D eigenvalue weighted by atomic mass is 19.4. The van der Waals surface area contributed by atoms with Gasteiger partial charge in [0.2, 0.25) is 0 Å². The van der Waals surface area contributed by atoms with Gasteiger partial charge in [0.25, 0.3) is 11.5 Å². The second kappa shape index (κ2) is 4.08. The molecule has 2 heterocycles. The van der Waals surface area contributed by atoms with Gasteiger partial charge in [-0.2, -0.15) is 13.2 Å². The number of pyridine rings is 1. The number of carbonyl (C=O) groups is 1. The van der Waals surface area contributed by atoms with E-state index in [0.29, 0.717) is 0 Å². The molecule has 0 amide bonds. The van der Waals surface area contributed by atoms with Crippen molar-refractivity contribution in [2.45, 2.75) is 13.1 Å². The SMILES string of the molecule is Cc1cc2c([N+](=O)[O-])cccn2c1C(=O)C(F)(F)F. The molecule has 0 fully saturated rings. The van der Waals surface area contributed by atoms with Crippen molar-refractivity contribution in [3.63, 3.8) is 0 Å². The number of Topliss-reactive ketones (excluding diaryl/α,β-unsaturated/α-hetero) is 1. The molecule has 0 saturated carbocycles. The van der Waals surface area contributed by atoms with Crippen LogP contribution >= 0.6 is 0 Å². The molecule has 19 heavy (non-hydrogen) atoms. The molecule has 0 bridgehead atoms. The van der Waals surface area contributed by atoms with Crippen LogP contribution in [-0.4, -0.2) is 21.3 Å². The second-order valence-electron chi connectivity index (χ2n) is 3.91. The number of hydrogen-bond acceptors (Lipinski definition) is 3. The van der Waals surface area contributed by atoms with Crippen LogP contribution in [0.3, 0.4) is 0 Å². The third kappa shape index (κ3) is 2.05. The van der Waals surface area contributed by atoms with Crippen LogP contribution in [0.1, 0.15) is 16.1 Å². The fourth-order valence-electron chi connectivity index (χ4n) is 1.89. The predicted octanol–water partition coefficient (Wildman–Crippen LogP) is 2.90. The minimum atomic E-state index is -5.02. The average molecular weight is 272 g/mol. The summed E-state index contributed by atoms with van der Waals surface area (Å²) < 4.78 is 38.3. The maximum Gasteiger partial charge on any atom is 0.456 e. The number of nitro groups is 1. The van der Waals surface area contributed by atoms with Crippen molar-refractivity contribution in [1.82, 2.24) is 4.40 Å². The standard InChI is InChI=1S/C11H7F3N2O3/c1-6-5-8-7(16(18)19)3-2-4-15(8)9(6)10(17)11(12,13)14/h2-5H,1H3. The van der Waals surface area contributed by atoms with Crippen LogP contribution < -0.4 is 0 Å². The summed E-state index contributed by atoms with van der Waals surface area (Å²) >= 11 is 0. The number of halogens is 3. The lowest BCUT2D eigenvalue weighted by atomic mass is 10.2. The quantitative estimate of drug-likeness (QED) is 0.479. The monoisotopic (exact) mass is 272 g/mol.